The van der Waals surface area contributed by atoms with E-state index in [0.29, 0.717) is 21.6 Å². The predicted molar refractivity (Wildman–Crippen MR) is 81.9 cm³/mol. The molecule has 0 spiro atoms. The summed E-state index contributed by atoms with van der Waals surface area (Å²) in [6.45, 7) is 0.201. The average Bonchev–Trinajstić information content (AvgIpc) is 2.47. The lowest BCUT2D eigenvalue weighted by molar-refractivity contribution is 0.294. The SMILES string of the molecule is Nc1cc(F)c(OCc2cccc(Cl)c2)c2ncccc12. The van der Waals surface area contributed by atoms with Gasteiger partial charge in [0.05, 0.1) is 0 Å². The number of hydrogen-bond acceptors (Lipinski definition) is 3. The Balaban J connectivity index is 1.97. The van der Waals surface area contributed by atoms with Gasteiger partial charge in [0.25, 0.3) is 0 Å². The molecule has 21 heavy (non-hydrogen) atoms. The van der Waals surface area contributed by atoms with Crippen LogP contribution in [-0.2, 0) is 6.61 Å². The van der Waals surface area contributed by atoms with E-state index in [9.17, 15) is 4.39 Å². The number of fused-ring (bicyclic) bond motifs is 1. The van der Waals surface area contributed by atoms with Crippen LogP contribution in [0.15, 0.2) is 48.7 Å². The molecule has 0 amide bonds. The second-order valence-electron chi connectivity index (χ2n) is 4.59. The van der Waals surface area contributed by atoms with Gasteiger partial charge in [-0.25, -0.2) is 4.39 Å². The zero-order chi connectivity index (χ0) is 14.8. The van der Waals surface area contributed by atoms with E-state index in [1.54, 1.807) is 30.5 Å². The summed E-state index contributed by atoms with van der Waals surface area (Å²) < 4.78 is 19.7. The first-order valence-electron chi connectivity index (χ1n) is 6.35. The topological polar surface area (TPSA) is 48.1 Å². The van der Waals surface area contributed by atoms with Gasteiger partial charge in [0.1, 0.15) is 12.1 Å². The first-order valence-corrected chi connectivity index (χ1v) is 6.73. The monoisotopic (exact) mass is 302 g/mol. The maximum Gasteiger partial charge on any atom is 0.181 e. The molecule has 1 heterocycles. The summed E-state index contributed by atoms with van der Waals surface area (Å²) in [4.78, 5) is 4.16. The zero-order valence-corrected chi connectivity index (χ0v) is 11.8. The van der Waals surface area contributed by atoms with Gasteiger partial charge in [0.15, 0.2) is 11.6 Å². The molecule has 3 aromatic rings. The van der Waals surface area contributed by atoms with Crippen LogP contribution in [0.1, 0.15) is 5.56 Å². The molecule has 0 aliphatic heterocycles. The summed E-state index contributed by atoms with van der Waals surface area (Å²) in [5.41, 5.74) is 7.40. The Bertz CT molecular complexity index is 807. The van der Waals surface area contributed by atoms with Crippen LogP contribution in [0.25, 0.3) is 10.9 Å². The molecule has 0 bridgehead atoms. The quantitative estimate of drug-likeness (QED) is 0.738. The van der Waals surface area contributed by atoms with Crippen molar-refractivity contribution in [1.82, 2.24) is 4.98 Å². The highest BCUT2D eigenvalue weighted by atomic mass is 35.5. The third-order valence-corrected chi connectivity index (χ3v) is 3.34. The van der Waals surface area contributed by atoms with Crippen molar-refractivity contribution >= 4 is 28.2 Å². The minimum Gasteiger partial charge on any atom is -0.484 e. The molecule has 3 rings (SSSR count). The first-order chi connectivity index (χ1) is 10.1. The maximum absolute atomic E-state index is 14.1. The van der Waals surface area contributed by atoms with E-state index < -0.39 is 5.82 Å². The van der Waals surface area contributed by atoms with E-state index in [1.807, 2.05) is 12.1 Å². The molecule has 3 nitrogen and oxygen atoms in total. The van der Waals surface area contributed by atoms with Gasteiger partial charge in [-0.1, -0.05) is 23.7 Å². The molecule has 2 N–H and O–H groups in total. The normalized spacial score (nSPS) is 10.8. The Hall–Kier alpha value is -2.33. The van der Waals surface area contributed by atoms with Gasteiger partial charge in [0, 0.05) is 28.4 Å². The van der Waals surface area contributed by atoms with Crippen LogP contribution in [0.3, 0.4) is 0 Å². The Morgan fingerprint density at radius 3 is 2.86 bits per heavy atom. The average molecular weight is 303 g/mol. The van der Waals surface area contributed by atoms with Crippen molar-refractivity contribution in [3.63, 3.8) is 0 Å². The van der Waals surface area contributed by atoms with E-state index in [4.69, 9.17) is 22.1 Å². The van der Waals surface area contributed by atoms with Crippen molar-refractivity contribution in [1.29, 1.82) is 0 Å². The molecule has 2 aromatic carbocycles. The molecule has 0 aliphatic rings. The lowest BCUT2D eigenvalue weighted by Gasteiger charge is -2.11. The standard InChI is InChI=1S/C16H12ClFN2O/c17-11-4-1-3-10(7-11)9-21-16-13(18)8-14(19)12-5-2-6-20-15(12)16/h1-8H,9,19H2. The summed E-state index contributed by atoms with van der Waals surface area (Å²) >= 11 is 5.92. The molecular formula is C16H12ClFN2O. The molecule has 5 heteroatoms. The summed E-state index contributed by atoms with van der Waals surface area (Å²) in [6, 6.07) is 12.0. The molecule has 106 valence electrons. The van der Waals surface area contributed by atoms with Crippen LogP contribution in [0, 0.1) is 5.82 Å². The Morgan fingerprint density at radius 2 is 2.05 bits per heavy atom. The van der Waals surface area contributed by atoms with Gasteiger partial charge in [-0.2, -0.15) is 0 Å². The van der Waals surface area contributed by atoms with Gasteiger partial charge >= 0.3 is 0 Å². The fraction of sp³-hybridized carbons (Fsp3) is 0.0625. The van der Waals surface area contributed by atoms with Crippen molar-refractivity contribution in [2.45, 2.75) is 6.61 Å². The zero-order valence-electron chi connectivity index (χ0n) is 11.0. The Morgan fingerprint density at radius 1 is 1.19 bits per heavy atom. The minimum absolute atomic E-state index is 0.0970. The number of pyridine rings is 1. The lowest BCUT2D eigenvalue weighted by Crippen LogP contribution is -2.01. The molecule has 0 saturated carbocycles. The van der Waals surface area contributed by atoms with E-state index in [-0.39, 0.29) is 12.4 Å². The van der Waals surface area contributed by atoms with Gasteiger partial charge in [-0.05, 0) is 29.8 Å². The summed E-state index contributed by atoms with van der Waals surface area (Å²) in [7, 11) is 0. The lowest BCUT2D eigenvalue weighted by atomic mass is 10.1. The number of ether oxygens (including phenoxy) is 1. The van der Waals surface area contributed by atoms with Gasteiger partial charge in [0.2, 0.25) is 0 Å². The highest BCUT2D eigenvalue weighted by Crippen LogP contribution is 2.32. The van der Waals surface area contributed by atoms with Gasteiger partial charge in [-0.3, -0.25) is 4.98 Å². The molecule has 0 unspecified atom stereocenters. The fourth-order valence-electron chi connectivity index (χ4n) is 2.13. The highest BCUT2D eigenvalue weighted by molar-refractivity contribution is 6.30. The number of benzene rings is 2. The molecule has 0 atom stereocenters. The van der Waals surface area contributed by atoms with Crippen molar-refractivity contribution < 1.29 is 9.13 Å². The van der Waals surface area contributed by atoms with Crippen LogP contribution < -0.4 is 10.5 Å². The molecule has 1 aromatic heterocycles. The van der Waals surface area contributed by atoms with E-state index in [0.717, 1.165) is 5.56 Å². The number of hydrogen-bond donors (Lipinski definition) is 1. The van der Waals surface area contributed by atoms with Crippen LogP contribution in [0.4, 0.5) is 10.1 Å². The summed E-state index contributed by atoms with van der Waals surface area (Å²) in [6.07, 6.45) is 1.58. The Labute approximate surface area is 126 Å². The molecule has 0 radical (unpaired) electrons. The third-order valence-electron chi connectivity index (χ3n) is 3.11. The van der Waals surface area contributed by atoms with Crippen LogP contribution in [0.2, 0.25) is 5.02 Å². The van der Waals surface area contributed by atoms with E-state index in [2.05, 4.69) is 4.98 Å². The first kappa shape index (κ1) is 13.6. The second-order valence-corrected chi connectivity index (χ2v) is 5.03. The van der Waals surface area contributed by atoms with Crippen molar-refractivity contribution in [3.05, 3.63) is 65.1 Å². The number of nitrogens with two attached hydrogens (primary N) is 1. The number of rotatable bonds is 3. The molecule has 0 aliphatic carbocycles. The van der Waals surface area contributed by atoms with Crippen molar-refractivity contribution in [2.24, 2.45) is 0 Å². The van der Waals surface area contributed by atoms with Crippen LogP contribution in [0.5, 0.6) is 5.75 Å². The molecular weight excluding hydrogens is 291 g/mol. The van der Waals surface area contributed by atoms with Crippen molar-refractivity contribution in [2.75, 3.05) is 5.73 Å². The molecule has 0 fully saturated rings. The smallest absolute Gasteiger partial charge is 0.181 e. The van der Waals surface area contributed by atoms with Crippen LogP contribution >= 0.6 is 11.6 Å². The van der Waals surface area contributed by atoms with E-state index >= 15 is 0 Å². The number of anilines is 1. The van der Waals surface area contributed by atoms with E-state index in [1.165, 1.54) is 6.07 Å². The van der Waals surface area contributed by atoms with Crippen molar-refractivity contribution in [3.8, 4) is 5.75 Å². The minimum atomic E-state index is -0.527. The molecule has 0 saturated heterocycles. The Kier molecular flexibility index (Phi) is 3.62. The van der Waals surface area contributed by atoms with Gasteiger partial charge in [-0.15, -0.1) is 0 Å². The summed E-state index contributed by atoms with van der Waals surface area (Å²) in [5, 5.41) is 1.27. The predicted octanol–water partition coefficient (Wildman–Crippen LogP) is 4.19. The maximum atomic E-state index is 14.1. The fourth-order valence-corrected chi connectivity index (χ4v) is 2.34. The summed E-state index contributed by atoms with van der Waals surface area (Å²) in [5.74, 6) is -0.430. The third kappa shape index (κ3) is 2.76. The number of halogens is 2. The largest absolute Gasteiger partial charge is 0.484 e. The number of nitrogens with zero attached hydrogens (tertiary/aromatic N) is 1. The van der Waals surface area contributed by atoms with Gasteiger partial charge < -0.3 is 10.5 Å². The number of nitrogen functional groups attached to an aromatic ring is 1. The van der Waals surface area contributed by atoms with Crippen LogP contribution in [-0.4, -0.2) is 4.98 Å². The second kappa shape index (κ2) is 5.58. The number of aromatic nitrogens is 1. The highest BCUT2D eigenvalue weighted by Gasteiger charge is 2.13.